The van der Waals surface area contributed by atoms with Crippen LogP contribution in [-0.4, -0.2) is 18.4 Å². The predicted octanol–water partition coefficient (Wildman–Crippen LogP) is 2.56. The van der Waals surface area contributed by atoms with Crippen molar-refractivity contribution in [2.24, 2.45) is 4.99 Å². The third kappa shape index (κ3) is 1.65. The molecule has 3 nitrogen and oxygen atoms in total. The van der Waals surface area contributed by atoms with Gasteiger partial charge in [-0.15, -0.1) is 0 Å². The van der Waals surface area contributed by atoms with E-state index < -0.39 is 6.09 Å². The fourth-order valence-corrected chi connectivity index (χ4v) is 1.70. The molecule has 1 aliphatic rings. The molecule has 2 rings (SSSR count). The van der Waals surface area contributed by atoms with Crippen LogP contribution in [0.5, 0.6) is 0 Å². The molecule has 1 amide bonds. The van der Waals surface area contributed by atoms with Crippen molar-refractivity contribution in [1.82, 2.24) is 0 Å². The summed E-state index contributed by atoms with van der Waals surface area (Å²) in [4.78, 5) is 14.9. The van der Waals surface area contributed by atoms with E-state index in [1.165, 1.54) is 0 Å². The van der Waals surface area contributed by atoms with Gasteiger partial charge in [0.1, 0.15) is 6.61 Å². The van der Waals surface area contributed by atoms with E-state index in [0.29, 0.717) is 6.61 Å². The third-order valence-corrected chi connectivity index (χ3v) is 2.95. The topological polar surface area (TPSA) is 38.7 Å². The van der Waals surface area contributed by atoms with Gasteiger partial charge in [-0.25, -0.2) is 4.79 Å². The maximum absolute atomic E-state index is 11.0. The summed E-state index contributed by atoms with van der Waals surface area (Å²) < 4.78 is 4.99. The summed E-state index contributed by atoms with van der Waals surface area (Å²) in [5, 5.41) is 0. The first kappa shape index (κ1) is 9.90. The maximum Gasteiger partial charge on any atom is 0.433 e. The van der Waals surface area contributed by atoms with Crippen molar-refractivity contribution in [2.45, 2.75) is 19.3 Å². The first-order chi connectivity index (χ1) is 7.13. The molecule has 0 fully saturated rings. The molecule has 0 saturated carbocycles. The maximum atomic E-state index is 11.0. The van der Waals surface area contributed by atoms with Gasteiger partial charge in [-0.2, -0.15) is 4.99 Å². The molecular formula is C12H13NO2. The first-order valence-electron chi connectivity index (χ1n) is 4.91. The van der Waals surface area contributed by atoms with Crippen LogP contribution in [0.15, 0.2) is 35.3 Å². The molecule has 3 heteroatoms. The summed E-state index contributed by atoms with van der Waals surface area (Å²) in [7, 11) is 0. The molecule has 15 heavy (non-hydrogen) atoms. The Kier molecular flexibility index (Phi) is 2.31. The van der Waals surface area contributed by atoms with Crippen molar-refractivity contribution in [3.63, 3.8) is 0 Å². The molecule has 0 N–H and O–H groups in total. The molecule has 1 unspecified atom stereocenters. The molecule has 78 valence electrons. The molecule has 1 aliphatic heterocycles. The Morgan fingerprint density at radius 1 is 1.33 bits per heavy atom. The SMILES string of the molecule is CC1=NC(=O)OCC1(C)c1ccccc1. The van der Waals surface area contributed by atoms with Crippen molar-refractivity contribution in [1.29, 1.82) is 0 Å². The molecule has 0 aliphatic carbocycles. The fourth-order valence-electron chi connectivity index (χ4n) is 1.70. The Labute approximate surface area is 88.8 Å². The van der Waals surface area contributed by atoms with Gasteiger partial charge < -0.3 is 4.74 Å². The van der Waals surface area contributed by atoms with Crippen LogP contribution < -0.4 is 0 Å². The summed E-state index contributed by atoms with van der Waals surface area (Å²) in [5.74, 6) is 0. The molecular weight excluding hydrogens is 190 g/mol. The second-order valence-corrected chi connectivity index (χ2v) is 3.95. The standard InChI is InChI=1S/C12H13NO2/c1-9-12(2,8-15-11(14)13-9)10-6-4-3-5-7-10/h3-7H,8H2,1-2H3. The van der Waals surface area contributed by atoms with Crippen molar-refractivity contribution in [2.75, 3.05) is 6.61 Å². The van der Waals surface area contributed by atoms with Crippen LogP contribution in [0.3, 0.4) is 0 Å². The Hall–Kier alpha value is -1.64. The Morgan fingerprint density at radius 3 is 2.60 bits per heavy atom. The molecule has 1 heterocycles. The van der Waals surface area contributed by atoms with Gasteiger partial charge in [0, 0.05) is 5.71 Å². The van der Waals surface area contributed by atoms with Crippen molar-refractivity contribution < 1.29 is 9.53 Å². The van der Waals surface area contributed by atoms with E-state index in [9.17, 15) is 4.79 Å². The summed E-state index contributed by atoms with van der Waals surface area (Å²) in [6.45, 7) is 4.27. The number of cyclic esters (lactones) is 1. The molecule has 1 aromatic rings. The summed E-state index contributed by atoms with van der Waals surface area (Å²) in [5.41, 5.74) is 1.65. The molecule has 0 aromatic heterocycles. The number of rotatable bonds is 1. The van der Waals surface area contributed by atoms with Crippen LogP contribution in [0, 0.1) is 0 Å². The van der Waals surface area contributed by atoms with Gasteiger partial charge in [-0.1, -0.05) is 30.3 Å². The van der Waals surface area contributed by atoms with Gasteiger partial charge in [0.05, 0.1) is 5.41 Å². The summed E-state index contributed by atoms with van der Waals surface area (Å²) in [6.07, 6.45) is -0.485. The number of nitrogens with zero attached hydrogens (tertiary/aromatic N) is 1. The van der Waals surface area contributed by atoms with Crippen LogP contribution in [0.4, 0.5) is 4.79 Å². The van der Waals surface area contributed by atoms with E-state index in [0.717, 1.165) is 11.3 Å². The normalized spacial score (nSPS) is 25.7. The smallest absolute Gasteiger partial charge is 0.433 e. The zero-order chi connectivity index (χ0) is 10.9. The molecule has 1 aromatic carbocycles. The average Bonchev–Trinajstić information content (AvgIpc) is 2.25. The minimum Gasteiger partial charge on any atom is -0.447 e. The van der Waals surface area contributed by atoms with Crippen LogP contribution in [0.1, 0.15) is 19.4 Å². The predicted molar refractivity (Wildman–Crippen MR) is 58.3 cm³/mol. The number of carbonyl (C=O) groups is 1. The minimum atomic E-state index is -0.485. The number of benzene rings is 1. The largest absolute Gasteiger partial charge is 0.447 e. The van der Waals surface area contributed by atoms with E-state index in [2.05, 4.69) is 4.99 Å². The second-order valence-electron chi connectivity index (χ2n) is 3.95. The van der Waals surface area contributed by atoms with Gasteiger partial charge >= 0.3 is 6.09 Å². The summed E-state index contributed by atoms with van der Waals surface area (Å²) in [6, 6.07) is 9.97. The number of hydrogen-bond donors (Lipinski definition) is 0. The monoisotopic (exact) mass is 203 g/mol. The Morgan fingerprint density at radius 2 is 2.00 bits per heavy atom. The van der Waals surface area contributed by atoms with Crippen LogP contribution in [0.25, 0.3) is 0 Å². The lowest BCUT2D eigenvalue weighted by Gasteiger charge is -2.32. The molecule has 0 spiro atoms. The zero-order valence-electron chi connectivity index (χ0n) is 8.86. The van der Waals surface area contributed by atoms with Gasteiger partial charge in [-0.05, 0) is 19.4 Å². The van der Waals surface area contributed by atoms with Gasteiger partial charge in [0.2, 0.25) is 0 Å². The zero-order valence-corrected chi connectivity index (χ0v) is 8.86. The lowest BCUT2D eigenvalue weighted by molar-refractivity contribution is 0.136. The Bertz CT molecular complexity index is 411. The number of carbonyl (C=O) groups excluding carboxylic acids is 1. The Balaban J connectivity index is 2.44. The number of hydrogen-bond acceptors (Lipinski definition) is 2. The van der Waals surface area contributed by atoms with E-state index in [1.54, 1.807) is 0 Å². The van der Waals surface area contributed by atoms with E-state index in [-0.39, 0.29) is 5.41 Å². The van der Waals surface area contributed by atoms with Crippen molar-refractivity contribution in [3.8, 4) is 0 Å². The van der Waals surface area contributed by atoms with E-state index in [1.807, 2.05) is 44.2 Å². The molecule has 0 radical (unpaired) electrons. The number of amides is 1. The highest BCUT2D eigenvalue weighted by atomic mass is 16.5. The fraction of sp³-hybridized carbons (Fsp3) is 0.333. The van der Waals surface area contributed by atoms with E-state index >= 15 is 0 Å². The second kappa shape index (κ2) is 3.50. The van der Waals surface area contributed by atoms with Crippen LogP contribution >= 0.6 is 0 Å². The van der Waals surface area contributed by atoms with Crippen LogP contribution in [0.2, 0.25) is 0 Å². The average molecular weight is 203 g/mol. The van der Waals surface area contributed by atoms with Crippen LogP contribution in [-0.2, 0) is 10.2 Å². The van der Waals surface area contributed by atoms with Crippen molar-refractivity contribution >= 4 is 11.8 Å². The highest BCUT2D eigenvalue weighted by Crippen LogP contribution is 2.28. The highest BCUT2D eigenvalue weighted by Gasteiger charge is 2.35. The summed E-state index contributed by atoms with van der Waals surface area (Å²) >= 11 is 0. The quantitative estimate of drug-likeness (QED) is 0.703. The minimum absolute atomic E-state index is 0.283. The first-order valence-corrected chi connectivity index (χ1v) is 4.91. The number of ether oxygens (including phenoxy) is 1. The molecule has 1 atom stereocenters. The number of aliphatic imine (C=N–C) groups is 1. The van der Waals surface area contributed by atoms with Gasteiger partial charge in [0.25, 0.3) is 0 Å². The van der Waals surface area contributed by atoms with Crippen molar-refractivity contribution in [3.05, 3.63) is 35.9 Å². The highest BCUT2D eigenvalue weighted by molar-refractivity contribution is 6.00. The van der Waals surface area contributed by atoms with Gasteiger partial charge in [0.15, 0.2) is 0 Å². The third-order valence-electron chi connectivity index (χ3n) is 2.95. The molecule has 0 saturated heterocycles. The van der Waals surface area contributed by atoms with Gasteiger partial charge in [-0.3, -0.25) is 0 Å². The molecule has 0 bridgehead atoms. The lowest BCUT2D eigenvalue weighted by Crippen LogP contribution is -2.40. The lowest BCUT2D eigenvalue weighted by atomic mass is 9.79. The van der Waals surface area contributed by atoms with E-state index in [4.69, 9.17) is 4.74 Å².